The van der Waals surface area contributed by atoms with Crippen molar-refractivity contribution < 1.29 is 27.1 Å². The maximum Gasteiger partial charge on any atom is 0.310 e. The highest BCUT2D eigenvalue weighted by atomic mass is 19.2. The molecule has 126 valence electrons. The molecule has 1 aliphatic carbocycles. The van der Waals surface area contributed by atoms with Gasteiger partial charge in [0.1, 0.15) is 6.61 Å². The Hall–Kier alpha value is -1.85. The Morgan fingerprint density at radius 3 is 2.13 bits per heavy atom. The topological polar surface area (TPSA) is 26.3 Å². The second-order valence-electron chi connectivity index (χ2n) is 6.32. The van der Waals surface area contributed by atoms with Crippen LogP contribution >= 0.6 is 0 Å². The quantitative estimate of drug-likeness (QED) is 0.353. The molecule has 0 aromatic heterocycles. The maximum atomic E-state index is 13.7. The largest absolute Gasteiger partial charge is 0.460 e. The Morgan fingerprint density at radius 2 is 1.65 bits per heavy atom. The number of ether oxygens (including phenoxy) is 1. The fourth-order valence-electron chi connectivity index (χ4n) is 2.84. The molecular weight excluding hydrogens is 312 g/mol. The van der Waals surface area contributed by atoms with E-state index in [9.17, 15) is 22.4 Å². The summed E-state index contributed by atoms with van der Waals surface area (Å²) in [5.41, 5.74) is -1.98. The molecule has 2 rings (SSSR count). The van der Waals surface area contributed by atoms with Crippen LogP contribution in [0.4, 0.5) is 17.6 Å². The summed E-state index contributed by atoms with van der Waals surface area (Å²) < 4.78 is 59.3. The van der Waals surface area contributed by atoms with Gasteiger partial charge in [0.2, 0.25) is 0 Å². The van der Waals surface area contributed by atoms with Crippen molar-refractivity contribution in [1.82, 2.24) is 0 Å². The summed E-state index contributed by atoms with van der Waals surface area (Å²) in [6, 6.07) is 0. The van der Waals surface area contributed by atoms with Gasteiger partial charge in [-0.3, -0.25) is 4.79 Å². The molecule has 0 N–H and O–H groups in total. The SMILES string of the molecule is C/C=C/[C@H]1[C@H](C(=O)OCc2c(F)c(F)c(C)c(F)c2F)C1(C)C. The summed E-state index contributed by atoms with van der Waals surface area (Å²) in [6.07, 6.45) is 3.67. The normalized spacial score (nSPS) is 22.4. The first kappa shape index (κ1) is 17.5. The minimum absolute atomic E-state index is 0.0267. The van der Waals surface area contributed by atoms with Crippen molar-refractivity contribution in [2.45, 2.75) is 34.3 Å². The van der Waals surface area contributed by atoms with Crippen LogP contribution in [0.3, 0.4) is 0 Å². The predicted molar refractivity (Wildman–Crippen MR) is 76.4 cm³/mol. The lowest BCUT2D eigenvalue weighted by atomic mass is 10.1. The Bertz CT molecular complexity index is 651. The van der Waals surface area contributed by atoms with Gasteiger partial charge in [0.25, 0.3) is 0 Å². The molecule has 0 radical (unpaired) electrons. The molecular formula is C17H18F4O2. The van der Waals surface area contributed by atoms with Crippen LogP contribution in [0, 0.1) is 47.4 Å². The van der Waals surface area contributed by atoms with Crippen molar-refractivity contribution in [3.8, 4) is 0 Å². The van der Waals surface area contributed by atoms with Gasteiger partial charge >= 0.3 is 5.97 Å². The van der Waals surface area contributed by atoms with Gasteiger partial charge in [0.05, 0.1) is 11.5 Å². The lowest BCUT2D eigenvalue weighted by Crippen LogP contribution is -2.14. The Morgan fingerprint density at radius 1 is 1.13 bits per heavy atom. The lowest BCUT2D eigenvalue weighted by Gasteiger charge is -2.10. The zero-order valence-electron chi connectivity index (χ0n) is 13.3. The third-order valence-corrected chi connectivity index (χ3v) is 4.50. The number of carbonyl (C=O) groups excluding carboxylic acids is 1. The number of halogens is 4. The van der Waals surface area contributed by atoms with Crippen LogP contribution in [-0.2, 0) is 16.1 Å². The van der Waals surface area contributed by atoms with Gasteiger partial charge in [-0.05, 0) is 25.2 Å². The third kappa shape index (κ3) is 2.86. The summed E-state index contributed by atoms with van der Waals surface area (Å²) >= 11 is 0. The molecule has 0 aliphatic heterocycles. The van der Waals surface area contributed by atoms with Crippen LogP contribution in [0.2, 0.25) is 0 Å². The molecule has 1 aliphatic rings. The van der Waals surface area contributed by atoms with E-state index in [2.05, 4.69) is 0 Å². The summed E-state index contributed by atoms with van der Waals surface area (Å²) in [5, 5.41) is 0. The predicted octanol–water partition coefficient (Wildman–Crippen LogP) is 4.44. The standard InChI is InChI=1S/C17H18F4O2/c1-5-6-10-11(17(10,3)4)16(22)23-7-9-14(20)12(18)8(2)13(19)15(9)21/h5-6,10-11H,7H2,1-4H3/b6-5+/t10-,11+/m0/s1. The van der Waals surface area contributed by atoms with Gasteiger partial charge < -0.3 is 4.74 Å². The number of benzene rings is 1. The fraction of sp³-hybridized carbons (Fsp3) is 0.471. The van der Waals surface area contributed by atoms with E-state index in [4.69, 9.17) is 4.74 Å². The average Bonchev–Trinajstić information content (AvgIpc) is 3.04. The molecule has 0 saturated heterocycles. The first-order valence-electron chi connectivity index (χ1n) is 7.25. The molecule has 1 aromatic carbocycles. The minimum atomic E-state index is -1.53. The highest BCUT2D eigenvalue weighted by Gasteiger charge is 2.61. The summed E-state index contributed by atoms with van der Waals surface area (Å²) in [5.74, 6) is -7.13. The second kappa shape index (κ2) is 5.98. The van der Waals surface area contributed by atoms with Crippen molar-refractivity contribution in [2.75, 3.05) is 0 Å². The van der Waals surface area contributed by atoms with Crippen LogP contribution in [0.25, 0.3) is 0 Å². The van der Waals surface area contributed by atoms with Crippen LogP contribution in [0.5, 0.6) is 0 Å². The minimum Gasteiger partial charge on any atom is -0.460 e. The number of hydrogen-bond donors (Lipinski definition) is 0. The highest BCUT2D eigenvalue weighted by molar-refractivity contribution is 5.78. The van der Waals surface area contributed by atoms with Gasteiger partial charge in [-0.25, -0.2) is 17.6 Å². The second-order valence-corrected chi connectivity index (χ2v) is 6.32. The Labute approximate surface area is 132 Å². The van der Waals surface area contributed by atoms with Gasteiger partial charge in [-0.2, -0.15) is 0 Å². The Balaban J connectivity index is 2.15. The number of carbonyl (C=O) groups is 1. The van der Waals surface area contributed by atoms with Crippen LogP contribution in [0.15, 0.2) is 12.2 Å². The van der Waals surface area contributed by atoms with Gasteiger partial charge in [-0.15, -0.1) is 0 Å². The molecule has 0 amide bonds. The smallest absolute Gasteiger partial charge is 0.310 e. The molecule has 0 bridgehead atoms. The first-order valence-corrected chi connectivity index (χ1v) is 7.25. The van der Waals surface area contributed by atoms with E-state index in [1.807, 2.05) is 32.9 Å². The molecule has 0 heterocycles. The Kier molecular flexibility index (Phi) is 4.55. The van der Waals surface area contributed by atoms with Gasteiger partial charge in [0, 0.05) is 5.56 Å². The van der Waals surface area contributed by atoms with Crippen molar-refractivity contribution >= 4 is 5.97 Å². The molecule has 6 heteroatoms. The maximum absolute atomic E-state index is 13.7. The monoisotopic (exact) mass is 330 g/mol. The van der Waals surface area contributed by atoms with E-state index < -0.39 is 52.9 Å². The van der Waals surface area contributed by atoms with Crippen molar-refractivity contribution in [2.24, 2.45) is 17.3 Å². The lowest BCUT2D eigenvalue weighted by molar-refractivity contribution is -0.147. The van der Waals surface area contributed by atoms with Gasteiger partial charge in [-0.1, -0.05) is 26.0 Å². The van der Waals surface area contributed by atoms with Crippen molar-refractivity contribution in [3.63, 3.8) is 0 Å². The van der Waals surface area contributed by atoms with E-state index in [1.54, 1.807) is 0 Å². The van der Waals surface area contributed by atoms with E-state index in [0.29, 0.717) is 0 Å². The number of esters is 1. The summed E-state index contributed by atoms with van der Waals surface area (Å²) in [4.78, 5) is 12.1. The first-order chi connectivity index (χ1) is 10.6. The average molecular weight is 330 g/mol. The van der Waals surface area contributed by atoms with E-state index in [1.165, 1.54) is 0 Å². The van der Waals surface area contributed by atoms with Crippen LogP contribution in [-0.4, -0.2) is 5.97 Å². The molecule has 1 aromatic rings. The summed E-state index contributed by atoms with van der Waals surface area (Å²) in [7, 11) is 0. The fourth-order valence-corrected chi connectivity index (χ4v) is 2.84. The number of rotatable bonds is 4. The highest BCUT2D eigenvalue weighted by Crippen LogP contribution is 2.59. The molecule has 2 atom stereocenters. The van der Waals surface area contributed by atoms with E-state index in [-0.39, 0.29) is 11.3 Å². The zero-order valence-corrected chi connectivity index (χ0v) is 13.3. The van der Waals surface area contributed by atoms with Crippen LogP contribution < -0.4 is 0 Å². The molecule has 1 fully saturated rings. The van der Waals surface area contributed by atoms with Crippen LogP contribution in [0.1, 0.15) is 31.9 Å². The third-order valence-electron chi connectivity index (χ3n) is 4.50. The molecule has 2 nitrogen and oxygen atoms in total. The zero-order chi connectivity index (χ0) is 17.5. The molecule has 23 heavy (non-hydrogen) atoms. The molecule has 0 spiro atoms. The molecule has 0 unspecified atom stereocenters. The van der Waals surface area contributed by atoms with Gasteiger partial charge in [0.15, 0.2) is 23.3 Å². The van der Waals surface area contributed by atoms with Crippen molar-refractivity contribution in [3.05, 3.63) is 46.5 Å². The van der Waals surface area contributed by atoms with E-state index in [0.717, 1.165) is 6.92 Å². The molecule has 1 saturated carbocycles. The van der Waals surface area contributed by atoms with E-state index >= 15 is 0 Å². The number of hydrogen-bond acceptors (Lipinski definition) is 2. The summed E-state index contributed by atoms with van der Waals surface area (Å²) in [6.45, 7) is 5.64. The van der Waals surface area contributed by atoms with Crippen molar-refractivity contribution in [1.29, 1.82) is 0 Å². The number of allylic oxidation sites excluding steroid dienone is 2.